The zero-order chi connectivity index (χ0) is 10.6. The summed E-state index contributed by atoms with van der Waals surface area (Å²) in [5.74, 6) is 0.148. The van der Waals surface area contributed by atoms with Crippen LogP contribution < -0.4 is 0 Å². The van der Waals surface area contributed by atoms with Gasteiger partial charge in [0.2, 0.25) is 0 Å². The summed E-state index contributed by atoms with van der Waals surface area (Å²) in [6.07, 6.45) is 2.00. The first-order chi connectivity index (χ1) is 7.15. The van der Waals surface area contributed by atoms with Crippen LogP contribution in [0.25, 0.3) is 0 Å². The van der Waals surface area contributed by atoms with E-state index in [0.29, 0.717) is 5.56 Å². The van der Waals surface area contributed by atoms with E-state index in [1.165, 1.54) is 4.90 Å². The molecule has 1 heterocycles. The van der Waals surface area contributed by atoms with Gasteiger partial charge in [0.25, 0.3) is 5.91 Å². The third kappa shape index (κ3) is 0.960. The van der Waals surface area contributed by atoms with Crippen LogP contribution in [0.4, 0.5) is 0 Å². The van der Waals surface area contributed by atoms with Crippen LogP contribution in [0.2, 0.25) is 0 Å². The molecule has 1 saturated carbocycles. The molecule has 1 aliphatic heterocycles. The number of hydrogen-bond donors (Lipinski definition) is 1. The molecular weight excluding hydrogens is 190 g/mol. The maximum absolute atomic E-state index is 11.9. The highest BCUT2D eigenvalue weighted by Crippen LogP contribution is 2.51. The van der Waals surface area contributed by atoms with Gasteiger partial charge in [-0.3, -0.25) is 4.79 Å². The summed E-state index contributed by atoms with van der Waals surface area (Å²) in [7, 11) is 1.68. The van der Waals surface area contributed by atoms with E-state index in [2.05, 4.69) is 0 Å². The maximum Gasteiger partial charge on any atom is 0.256 e. The van der Waals surface area contributed by atoms with Crippen LogP contribution in [0.5, 0.6) is 0 Å². The highest BCUT2D eigenvalue weighted by Gasteiger charge is 2.55. The Morgan fingerprint density at radius 1 is 1.40 bits per heavy atom. The van der Waals surface area contributed by atoms with Gasteiger partial charge < -0.3 is 10.0 Å². The Morgan fingerprint density at radius 2 is 2.07 bits per heavy atom. The number of aliphatic hydroxyl groups is 1. The number of benzene rings is 1. The Balaban J connectivity index is 2.21. The number of fused-ring (bicyclic) bond motifs is 1. The average Bonchev–Trinajstić information content (AvgIpc) is 3.07. The number of rotatable bonds is 1. The largest absolute Gasteiger partial charge is 0.366 e. The van der Waals surface area contributed by atoms with Crippen LogP contribution in [0.15, 0.2) is 24.3 Å². The lowest BCUT2D eigenvalue weighted by molar-refractivity contribution is -0.0905. The number of carbonyl (C=O) groups excluding carboxylic acids is 1. The van der Waals surface area contributed by atoms with Crippen molar-refractivity contribution in [1.82, 2.24) is 4.90 Å². The molecule has 3 rings (SSSR count). The Labute approximate surface area is 88.3 Å². The highest BCUT2D eigenvalue weighted by atomic mass is 16.3. The van der Waals surface area contributed by atoms with Gasteiger partial charge in [0, 0.05) is 24.1 Å². The minimum absolute atomic E-state index is 0.0694. The summed E-state index contributed by atoms with van der Waals surface area (Å²) in [5, 5.41) is 10.6. The number of hydrogen-bond acceptors (Lipinski definition) is 2. The molecule has 3 heteroatoms. The average molecular weight is 203 g/mol. The molecule has 1 aromatic carbocycles. The number of carbonyl (C=O) groups is 1. The first-order valence-corrected chi connectivity index (χ1v) is 5.25. The van der Waals surface area contributed by atoms with Crippen molar-refractivity contribution in [2.75, 3.05) is 7.05 Å². The van der Waals surface area contributed by atoms with Gasteiger partial charge in [-0.05, 0) is 18.9 Å². The smallest absolute Gasteiger partial charge is 0.256 e. The molecular formula is C12H13NO2. The monoisotopic (exact) mass is 203 g/mol. The third-order valence-corrected chi connectivity index (χ3v) is 3.52. The topological polar surface area (TPSA) is 40.5 Å². The molecule has 1 aromatic rings. The maximum atomic E-state index is 11.9. The first kappa shape index (κ1) is 8.92. The molecule has 0 aromatic heterocycles. The van der Waals surface area contributed by atoms with E-state index in [1.54, 1.807) is 13.1 Å². The molecule has 1 unspecified atom stereocenters. The quantitative estimate of drug-likeness (QED) is 0.748. The fourth-order valence-corrected chi connectivity index (χ4v) is 2.49. The van der Waals surface area contributed by atoms with Gasteiger partial charge in [-0.15, -0.1) is 0 Å². The van der Waals surface area contributed by atoms with Crippen LogP contribution >= 0.6 is 0 Å². The van der Waals surface area contributed by atoms with Crippen molar-refractivity contribution in [2.24, 2.45) is 5.92 Å². The van der Waals surface area contributed by atoms with E-state index in [-0.39, 0.29) is 11.8 Å². The fraction of sp³-hybridized carbons (Fsp3) is 0.417. The predicted molar refractivity (Wildman–Crippen MR) is 55.2 cm³/mol. The Bertz CT molecular complexity index is 439. The lowest BCUT2D eigenvalue weighted by atomic mass is 9.97. The summed E-state index contributed by atoms with van der Waals surface area (Å²) in [6.45, 7) is 0. The Morgan fingerprint density at radius 3 is 2.73 bits per heavy atom. The molecule has 1 fully saturated rings. The second-order valence-electron chi connectivity index (χ2n) is 4.41. The van der Waals surface area contributed by atoms with Crippen molar-refractivity contribution in [2.45, 2.75) is 18.6 Å². The lowest BCUT2D eigenvalue weighted by Gasteiger charge is -2.31. The second kappa shape index (κ2) is 2.61. The van der Waals surface area contributed by atoms with Crippen LogP contribution in [0.1, 0.15) is 28.8 Å². The molecule has 3 nitrogen and oxygen atoms in total. The number of amides is 1. The van der Waals surface area contributed by atoms with Crippen molar-refractivity contribution in [1.29, 1.82) is 0 Å². The van der Waals surface area contributed by atoms with Gasteiger partial charge in [0.05, 0.1) is 0 Å². The van der Waals surface area contributed by atoms with Gasteiger partial charge in [0.1, 0.15) is 0 Å². The summed E-state index contributed by atoms with van der Waals surface area (Å²) in [6, 6.07) is 7.35. The predicted octanol–water partition coefficient (Wildman–Crippen LogP) is 1.33. The molecule has 1 atom stereocenters. The van der Waals surface area contributed by atoms with Gasteiger partial charge in [-0.2, -0.15) is 0 Å². The lowest BCUT2D eigenvalue weighted by Crippen LogP contribution is -2.42. The summed E-state index contributed by atoms with van der Waals surface area (Å²) in [4.78, 5) is 13.4. The molecule has 0 saturated heterocycles. The van der Waals surface area contributed by atoms with Crippen LogP contribution in [0, 0.1) is 5.92 Å². The first-order valence-electron chi connectivity index (χ1n) is 5.25. The van der Waals surface area contributed by atoms with Crippen molar-refractivity contribution in [3.05, 3.63) is 35.4 Å². The molecule has 0 bridgehead atoms. The Hall–Kier alpha value is -1.35. The minimum Gasteiger partial charge on any atom is -0.366 e. The number of nitrogens with zero attached hydrogens (tertiary/aromatic N) is 1. The van der Waals surface area contributed by atoms with E-state index in [4.69, 9.17) is 0 Å². The van der Waals surface area contributed by atoms with Crippen LogP contribution in [-0.4, -0.2) is 23.0 Å². The molecule has 1 amide bonds. The van der Waals surface area contributed by atoms with Crippen LogP contribution in [0.3, 0.4) is 0 Å². The van der Waals surface area contributed by atoms with Crippen molar-refractivity contribution in [3.8, 4) is 0 Å². The van der Waals surface area contributed by atoms with Crippen molar-refractivity contribution < 1.29 is 9.90 Å². The molecule has 0 spiro atoms. The van der Waals surface area contributed by atoms with Gasteiger partial charge in [-0.1, -0.05) is 18.2 Å². The van der Waals surface area contributed by atoms with Gasteiger partial charge in [0.15, 0.2) is 5.72 Å². The van der Waals surface area contributed by atoms with E-state index < -0.39 is 5.72 Å². The molecule has 2 aliphatic rings. The third-order valence-electron chi connectivity index (χ3n) is 3.52. The van der Waals surface area contributed by atoms with Gasteiger partial charge >= 0.3 is 0 Å². The normalized spacial score (nSPS) is 29.5. The molecule has 78 valence electrons. The summed E-state index contributed by atoms with van der Waals surface area (Å²) < 4.78 is 0. The standard InChI is InChI=1S/C12H13NO2/c1-13-11(14)9-4-2-3-5-10(9)12(13,15)8-6-7-8/h2-5,8,15H,6-7H2,1H3. The van der Waals surface area contributed by atoms with Crippen molar-refractivity contribution >= 4 is 5.91 Å². The minimum atomic E-state index is -1.05. The van der Waals surface area contributed by atoms with E-state index in [0.717, 1.165) is 18.4 Å². The van der Waals surface area contributed by atoms with E-state index >= 15 is 0 Å². The Kier molecular flexibility index (Phi) is 1.55. The second-order valence-corrected chi connectivity index (χ2v) is 4.41. The van der Waals surface area contributed by atoms with E-state index in [9.17, 15) is 9.90 Å². The molecule has 0 radical (unpaired) electrons. The molecule has 15 heavy (non-hydrogen) atoms. The zero-order valence-corrected chi connectivity index (χ0v) is 8.60. The zero-order valence-electron chi connectivity index (χ0n) is 8.60. The SMILES string of the molecule is CN1C(=O)c2ccccc2C1(O)C1CC1. The molecule has 1 N–H and O–H groups in total. The summed E-state index contributed by atoms with van der Waals surface area (Å²) >= 11 is 0. The molecule has 1 aliphatic carbocycles. The summed E-state index contributed by atoms with van der Waals surface area (Å²) in [5.41, 5.74) is 0.377. The highest BCUT2D eigenvalue weighted by molar-refractivity contribution is 5.99. The van der Waals surface area contributed by atoms with Gasteiger partial charge in [-0.25, -0.2) is 0 Å². The van der Waals surface area contributed by atoms with Crippen molar-refractivity contribution in [3.63, 3.8) is 0 Å². The van der Waals surface area contributed by atoms with Crippen LogP contribution in [-0.2, 0) is 5.72 Å². The van der Waals surface area contributed by atoms with E-state index in [1.807, 2.05) is 18.2 Å². The fourth-order valence-electron chi connectivity index (χ4n) is 2.49.